The molecule has 0 radical (unpaired) electrons. The highest BCUT2D eigenvalue weighted by atomic mass is 32.2. The van der Waals surface area contributed by atoms with Crippen LogP contribution in [0.1, 0.15) is 5.56 Å². The fourth-order valence-electron chi connectivity index (χ4n) is 1.91. The Morgan fingerprint density at radius 1 is 1.22 bits per heavy atom. The van der Waals surface area contributed by atoms with Crippen LogP contribution in [0.3, 0.4) is 0 Å². The van der Waals surface area contributed by atoms with Crippen LogP contribution in [0.15, 0.2) is 24.3 Å². The third-order valence-corrected chi connectivity index (χ3v) is 4.38. The fraction of sp³-hybridized carbons (Fsp3) is 0.538. The maximum Gasteiger partial charge on any atom is 0.119 e. The summed E-state index contributed by atoms with van der Waals surface area (Å²) >= 11 is 0. The lowest BCUT2D eigenvalue weighted by atomic mass is 10.2. The van der Waals surface area contributed by atoms with Gasteiger partial charge in [-0.05, 0) is 17.7 Å². The Morgan fingerprint density at radius 2 is 1.89 bits per heavy atom. The van der Waals surface area contributed by atoms with Gasteiger partial charge in [0.1, 0.15) is 12.4 Å². The zero-order valence-corrected chi connectivity index (χ0v) is 11.3. The van der Waals surface area contributed by atoms with Crippen molar-refractivity contribution in [1.82, 2.24) is 4.90 Å². The number of nitrogens with two attached hydrogens (primary N) is 1. The lowest BCUT2D eigenvalue weighted by molar-refractivity contribution is 0.221. The molecule has 1 aromatic carbocycles. The van der Waals surface area contributed by atoms with Gasteiger partial charge in [0.2, 0.25) is 0 Å². The first-order valence-corrected chi connectivity index (χ1v) is 7.76. The molecule has 4 nitrogen and oxygen atoms in total. The second kappa shape index (κ2) is 6.87. The van der Waals surface area contributed by atoms with Gasteiger partial charge in [0, 0.05) is 48.5 Å². The summed E-state index contributed by atoms with van der Waals surface area (Å²) in [5, 5.41) is 0. The van der Waals surface area contributed by atoms with E-state index in [2.05, 4.69) is 4.90 Å². The number of hydrogen-bond acceptors (Lipinski definition) is 4. The van der Waals surface area contributed by atoms with Crippen LogP contribution in [0.2, 0.25) is 0 Å². The normalized spacial score (nSPS) is 17.8. The van der Waals surface area contributed by atoms with Crippen molar-refractivity contribution in [2.24, 2.45) is 5.73 Å². The van der Waals surface area contributed by atoms with E-state index in [9.17, 15) is 4.21 Å². The van der Waals surface area contributed by atoms with Gasteiger partial charge in [-0.3, -0.25) is 9.11 Å². The van der Waals surface area contributed by atoms with E-state index in [1.165, 1.54) is 0 Å². The van der Waals surface area contributed by atoms with Crippen LogP contribution < -0.4 is 10.5 Å². The second-order valence-corrected chi connectivity index (χ2v) is 6.08. The maximum atomic E-state index is 11.2. The first-order chi connectivity index (χ1) is 8.78. The molecule has 100 valence electrons. The highest BCUT2D eigenvalue weighted by Gasteiger charge is 2.14. The third kappa shape index (κ3) is 4.08. The zero-order chi connectivity index (χ0) is 12.8. The summed E-state index contributed by atoms with van der Waals surface area (Å²) in [6, 6.07) is 7.87. The molecule has 5 heteroatoms. The van der Waals surface area contributed by atoms with Crippen LogP contribution in [-0.4, -0.2) is 46.9 Å². The molecule has 0 aliphatic carbocycles. The van der Waals surface area contributed by atoms with Crippen LogP contribution in [0.4, 0.5) is 0 Å². The summed E-state index contributed by atoms with van der Waals surface area (Å²) in [6.45, 7) is 3.97. The first-order valence-electron chi connectivity index (χ1n) is 6.27. The van der Waals surface area contributed by atoms with Crippen LogP contribution in [0, 0.1) is 0 Å². The Labute approximate surface area is 111 Å². The Hall–Kier alpha value is -0.910. The second-order valence-electron chi connectivity index (χ2n) is 4.39. The molecule has 1 aliphatic heterocycles. The summed E-state index contributed by atoms with van der Waals surface area (Å²) in [4.78, 5) is 2.30. The van der Waals surface area contributed by atoms with Gasteiger partial charge in [0.05, 0.1) is 0 Å². The SMILES string of the molecule is NCc1ccc(OCCN2CCS(=O)CC2)cc1. The maximum absolute atomic E-state index is 11.2. The van der Waals surface area contributed by atoms with Crippen LogP contribution in [0.5, 0.6) is 5.75 Å². The molecule has 0 atom stereocenters. The molecule has 1 saturated heterocycles. The minimum atomic E-state index is -0.601. The van der Waals surface area contributed by atoms with Crippen LogP contribution in [0.25, 0.3) is 0 Å². The van der Waals surface area contributed by atoms with Crippen molar-refractivity contribution in [2.75, 3.05) is 37.7 Å². The van der Waals surface area contributed by atoms with Crippen LogP contribution in [-0.2, 0) is 17.3 Å². The van der Waals surface area contributed by atoms with Crippen molar-refractivity contribution in [3.8, 4) is 5.75 Å². The predicted octanol–water partition coefficient (Wildman–Crippen LogP) is 0.588. The van der Waals surface area contributed by atoms with Gasteiger partial charge in [-0.25, -0.2) is 0 Å². The third-order valence-electron chi connectivity index (χ3n) is 3.11. The van der Waals surface area contributed by atoms with Crippen molar-refractivity contribution in [3.63, 3.8) is 0 Å². The van der Waals surface area contributed by atoms with Crippen molar-refractivity contribution < 1.29 is 8.95 Å². The van der Waals surface area contributed by atoms with Gasteiger partial charge in [-0.1, -0.05) is 12.1 Å². The molecule has 1 aromatic rings. The first kappa shape index (κ1) is 13.5. The molecular formula is C13H20N2O2S. The summed E-state index contributed by atoms with van der Waals surface area (Å²) in [7, 11) is -0.601. The summed E-state index contributed by atoms with van der Waals surface area (Å²) in [5.74, 6) is 2.48. The Kier molecular flexibility index (Phi) is 5.16. The molecule has 0 spiro atoms. The summed E-state index contributed by atoms with van der Waals surface area (Å²) in [6.07, 6.45) is 0. The monoisotopic (exact) mass is 268 g/mol. The van der Waals surface area contributed by atoms with Crippen molar-refractivity contribution in [1.29, 1.82) is 0 Å². The Morgan fingerprint density at radius 3 is 2.50 bits per heavy atom. The lowest BCUT2D eigenvalue weighted by Gasteiger charge is -2.25. The average molecular weight is 268 g/mol. The van der Waals surface area contributed by atoms with Gasteiger partial charge < -0.3 is 10.5 Å². The zero-order valence-electron chi connectivity index (χ0n) is 10.5. The summed E-state index contributed by atoms with van der Waals surface area (Å²) in [5.41, 5.74) is 6.65. The molecule has 0 saturated carbocycles. The molecule has 2 N–H and O–H groups in total. The van der Waals surface area contributed by atoms with E-state index in [-0.39, 0.29) is 0 Å². The molecule has 1 heterocycles. The fourth-order valence-corrected chi connectivity index (χ4v) is 3.04. The van der Waals surface area contributed by atoms with Gasteiger partial charge in [-0.2, -0.15) is 0 Å². The van der Waals surface area contributed by atoms with Gasteiger partial charge in [0.25, 0.3) is 0 Å². The van der Waals surface area contributed by atoms with Crippen molar-refractivity contribution in [2.45, 2.75) is 6.54 Å². The van der Waals surface area contributed by atoms with E-state index in [1.807, 2.05) is 24.3 Å². The molecule has 0 aromatic heterocycles. The Balaban J connectivity index is 1.69. The summed E-state index contributed by atoms with van der Waals surface area (Å²) < 4.78 is 16.9. The number of nitrogens with zero attached hydrogens (tertiary/aromatic N) is 1. The topological polar surface area (TPSA) is 55.6 Å². The minimum absolute atomic E-state index is 0.561. The van der Waals surface area contributed by atoms with E-state index in [0.717, 1.165) is 42.5 Å². The van der Waals surface area contributed by atoms with E-state index in [0.29, 0.717) is 13.2 Å². The van der Waals surface area contributed by atoms with Crippen LogP contribution >= 0.6 is 0 Å². The van der Waals surface area contributed by atoms with E-state index in [4.69, 9.17) is 10.5 Å². The number of benzene rings is 1. The Bertz CT molecular complexity index is 384. The standard InChI is InChI=1S/C13H20N2O2S/c14-11-12-1-3-13(4-2-12)17-8-5-15-6-9-18(16)10-7-15/h1-4H,5-11,14H2. The lowest BCUT2D eigenvalue weighted by Crippen LogP contribution is -2.39. The van der Waals surface area contributed by atoms with Crippen molar-refractivity contribution in [3.05, 3.63) is 29.8 Å². The predicted molar refractivity (Wildman–Crippen MR) is 74.1 cm³/mol. The van der Waals surface area contributed by atoms with E-state index >= 15 is 0 Å². The minimum Gasteiger partial charge on any atom is -0.492 e. The highest BCUT2D eigenvalue weighted by molar-refractivity contribution is 7.85. The molecular weight excluding hydrogens is 248 g/mol. The van der Waals surface area contributed by atoms with E-state index < -0.39 is 10.8 Å². The quantitative estimate of drug-likeness (QED) is 0.849. The highest BCUT2D eigenvalue weighted by Crippen LogP contribution is 2.11. The van der Waals surface area contributed by atoms with Crippen molar-refractivity contribution >= 4 is 10.8 Å². The number of hydrogen-bond donors (Lipinski definition) is 1. The number of ether oxygens (including phenoxy) is 1. The number of rotatable bonds is 5. The molecule has 0 amide bonds. The average Bonchev–Trinajstić information content (AvgIpc) is 2.42. The molecule has 0 bridgehead atoms. The molecule has 2 rings (SSSR count). The van der Waals surface area contributed by atoms with E-state index in [1.54, 1.807) is 0 Å². The largest absolute Gasteiger partial charge is 0.492 e. The molecule has 1 aliphatic rings. The van der Waals surface area contributed by atoms with Gasteiger partial charge in [-0.15, -0.1) is 0 Å². The van der Waals surface area contributed by atoms with Gasteiger partial charge >= 0.3 is 0 Å². The molecule has 18 heavy (non-hydrogen) atoms. The smallest absolute Gasteiger partial charge is 0.119 e. The van der Waals surface area contributed by atoms with Gasteiger partial charge in [0.15, 0.2) is 0 Å². The molecule has 0 unspecified atom stereocenters. The molecule has 1 fully saturated rings.